The number of morpholine rings is 1. The van der Waals surface area contributed by atoms with Gasteiger partial charge in [0.05, 0.1) is 0 Å². The molecule has 1 fully saturated rings. The summed E-state index contributed by atoms with van der Waals surface area (Å²) in [7, 11) is 0. The number of halogens is 3. The number of hydrogen-bond donors (Lipinski definition) is 2. The summed E-state index contributed by atoms with van der Waals surface area (Å²) in [6.45, 7) is 1.28. The molecule has 0 radical (unpaired) electrons. The standard InChI is InChI=1S/C15H15AsF3N3O4S/c17-15(18,19)26-8-1-2-9-11(5-8)27-14(22-9)16-12(23)6-21-13(24)10-7-25-4-3-20-10/h1-2,5,10,16,20H,3-4,6-7H2,(H,21,24). The van der Waals surface area contributed by atoms with Crippen LogP contribution >= 0.6 is 11.3 Å². The van der Waals surface area contributed by atoms with Gasteiger partial charge >= 0.3 is 162 Å². The van der Waals surface area contributed by atoms with E-state index in [2.05, 4.69) is 20.4 Å². The summed E-state index contributed by atoms with van der Waals surface area (Å²) >= 11 is -0.125. The van der Waals surface area contributed by atoms with Crippen LogP contribution in [0, 0.1) is 0 Å². The summed E-state index contributed by atoms with van der Waals surface area (Å²) in [4.78, 5) is 28.3. The van der Waals surface area contributed by atoms with Crippen molar-refractivity contribution in [1.29, 1.82) is 0 Å². The van der Waals surface area contributed by atoms with Crippen molar-refractivity contribution in [3.63, 3.8) is 0 Å². The van der Waals surface area contributed by atoms with E-state index in [0.717, 1.165) is 11.3 Å². The van der Waals surface area contributed by atoms with Crippen molar-refractivity contribution in [2.24, 2.45) is 0 Å². The van der Waals surface area contributed by atoms with Gasteiger partial charge in [0.2, 0.25) is 0 Å². The van der Waals surface area contributed by atoms with E-state index in [1.54, 1.807) is 0 Å². The molecule has 1 aromatic heterocycles. The molecule has 2 aromatic rings. The molecule has 1 saturated heterocycles. The predicted molar refractivity (Wildman–Crippen MR) is 93.7 cm³/mol. The van der Waals surface area contributed by atoms with Crippen molar-refractivity contribution in [1.82, 2.24) is 15.6 Å². The van der Waals surface area contributed by atoms with Gasteiger partial charge in [-0.2, -0.15) is 0 Å². The Balaban J connectivity index is 1.55. The van der Waals surface area contributed by atoms with Crippen LogP contribution in [-0.4, -0.2) is 69.9 Å². The number of thiazole rings is 1. The molecule has 12 heteroatoms. The number of nitrogens with one attached hydrogen (secondary N) is 2. The van der Waals surface area contributed by atoms with Crippen LogP contribution in [0.3, 0.4) is 0 Å². The van der Waals surface area contributed by atoms with E-state index in [1.165, 1.54) is 18.2 Å². The molecule has 0 bridgehead atoms. The van der Waals surface area contributed by atoms with Gasteiger partial charge in [-0.1, -0.05) is 0 Å². The normalized spacial score (nSPS) is 18.1. The molecule has 2 atom stereocenters. The number of aromatic nitrogens is 1. The van der Waals surface area contributed by atoms with Gasteiger partial charge in [0.1, 0.15) is 0 Å². The number of fused-ring (bicyclic) bond motifs is 1. The van der Waals surface area contributed by atoms with Crippen molar-refractivity contribution in [3.8, 4) is 5.75 Å². The van der Waals surface area contributed by atoms with Gasteiger partial charge in [0, 0.05) is 0 Å². The molecule has 1 aromatic carbocycles. The predicted octanol–water partition coefficient (Wildman–Crippen LogP) is -0.112. The third-order valence-electron chi connectivity index (χ3n) is 3.50. The van der Waals surface area contributed by atoms with Crippen LogP contribution in [0.5, 0.6) is 5.75 Å². The van der Waals surface area contributed by atoms with Crippen molar-refractivity contribution in [2.45, 2.75) is 12.4 Å². The summed E-state index contributed by atoms with van der Waals surface area (Å²) in [5, 5.41) is 5.56. The van der Waals surface area contributed by atoms with E-state index in [1.807, 2.05) is 0 Å². The van der Waals surface area contributed by atoms with Crippen LogP contribution in [0.2, 0.25) is 0 Å². The van der Waals surface area contributed by atoms with E-state index in [9.17, 15) is 22.8 Å². The Kier molecular flexibility index (Phi) is 6.36. The Morgan fingerprint density at radius 3 is 2.96 bits per heavy atom. The summed E-state index contributed by atoms with van der Waals surface area (Å²) in [6, 6.07) is 3.38. The maximum atomic E-state index is 12.3. The minimum absolute atomic E-state index is 0.102. The minimum atomic E-state index is -4.76. The number of amides is 1. The van der Waals surface area contributed by atoms with E-state index in [-0.39, 0.29) is 29.4 Å². The second-order valence-electron chi connectivity index (χ2n) is 5.54. The van der Waals surface area contributed by atoms with Gasteiger partial charge in [-0.3, -0.25) is 0 Å². The first-order valence-electron chi connectivity index (χ1n) is 7.85. The van der Waals surface area contributed by atoms with Crippen LogP contribution < -0.4 is 19.2 Å². The van der Waals surface area contributed by atoms with Crippen molar-refractivity contribution >= 4 is 51.6 Å². The van der Waals surface area contributed by atoms with Crippen LogP contribution in [0.1, 0.15) is 0 Å². The van der Waals surface area contributed by atoms with Gasteiger partial charge in [-0.05, 0) is 0 Å². The monoisotopic (exact) mass is 465 g/mol. The molecule has 27 heavy (non-hydrogen) atoms. The number of alkyl halides is 3. The fraction of sp³-hybridized carbons (Fsp3) is 0.400. The van der Waals surface area contributed by atoms with Gasteiger partial charge in [-0.25, -0.2) is 0 Å². The Bertz CT molecular complexity index is 839. The third-order valence-corrected chi connectivity index (χ3v) is 7.14. The SMILES string of the molecule is O=C(CNC(=O)C1COCCN1)[AsH]c1nc2ccc(OC(F)(F)F)cc2s1. The van der Waals surface area contributed by atoms with Gasteiger partial charge in [-0.15, -0.1) is 0 Å². The molecule has 146 valence electrons. The van der Waals surface area contributed by atoms with E-state index in [4.69, 9.17) is 4.74 Å². The molecule has 0 saturated carbocycles. The van der Waals surface area contributed by atoms with Gasteiger partial charge in [0.25, 0.3) is 0 Å². The Morgan fingerprint density at radius 1 is 1.44 bits per heavy atom. The zero-order valence-electron chi connectivity index (χ0n) is 13.8. The molecule has 2 N–H and O–H groups in total. The molecule has 1 aliphatic heterocycles. The number of ether oxygens (including phenoxy) is 2. The van der Waals surface area contributed by atoms with Crippen molar-refractivity contribution in [2.75, 3.05) is 26.3 Å². The average Bonchev–Trinajstić information content (AvgIpc) is 3.00. The molecule has 0 spiro atoms. The molecule has 2 heterocycles. The second kappa shape index (κ2) is 8.55. The van der Waals surface area contributed by atoms with Gasteiger partial charge < -0.3 is 0 Å². The summed E-state index contributed by atoms with van der Waals surface area (Å²) in [6.07, 6.45) is -4.76. The summed E-state index contributed by atoms with van der Waals surface area (Å²) in [5.74, 6) is -0.626. The molecular formula is C15H15AsF3N3O4S. The first kappa shape index (κ1) is 20.1. The molecule has 7 nitrogen and oxygen atoms in total. The molecule has 1 amide bonds. The van der Waals surface area contributed by atoms with E-state index >= 15 is 0 Å². The number of carbonyl (C=O) groups is 2. The van der Waals surface area contributed by atoms with E-state index < -0.39 is 28.2 Å². The number of hydrogen-bond acceptors (Lipinski definition) is 7. The number of rotatable bonds is 6. The zero-order valence-corrected chi connectivity index (χ0v) is 16.7. The summed E-state index contributed by atoms with van der Waals surface area (Å²) < 4.78 is 46.9. The second-order valence-corrected chi connectivity index (χ2v) is 10.0. The van der Waals surface area contributed by atoms with Crippen LogP contribution in [0.25, 0.3) is 10.2 Å². The van der Waals surface area contributed by atoms with Crippen molar-refractivity contribution in [3.05, 3.63) is 18.2 Å². The average molecular weight is 465 g/mol. The fourth-order valence-electron chi connectivity index (χ4n) is 2.34. The van der Waals surface area contributed by atoms with Crippen LogP contribution in [0.15, 0.2) is 18.2 Å². The van der Waals surface area contributed by atoms with Crippen molar-refractivity contribution < 1.29 is 32.2 Å². The quantitative estimate of drug-likeness (QED) is 0.579. The van der Waals surface area contributed by atoms with Crippen LogP contribution in [0.4, 0.5) is 13.2 Å². The third kappa shape index (κ3) is 5.90. The Hall–Kier alpha value is -1.68. The maximum absolute atomic E-state index is 12.3. The van der Waals surface area contributed by atoms with E-state index in [0.29, 0.717) is 27.2 Å². The molecular weight excluding hydrogens is 450 g/mol. The molecule has 2 unspecified atom stereocenters. The topological polar surface area (TPSA) is 89.6 Å². The molecule has 0 aliphatic carbocycles. The zero-order chi connectivity index (χ0) is 19.4. The molecule has 1 aliphatic rings. The van der Waals surface area contributed by atoms with Gasteiger partial charge in [0.15, 0.2) is 0 Å². The summed E-state index contributed by atoms with van der Waals surface area (Å²) in [5.41, 5.74) is 0.508. The number of nitrogens with zero attached hydrogens (tertiary/aromatic N) is 1. The Morgan fingerprint density at radius 2 is 2.26 bits per heavy atom. The van der Waals surface area contributed by atoms with Crippen LogP contribution in [-0.2, 0) is 14.3 Å². The fourth-order valence-corrected chi connectivity index (χ4v) is 5.99. The first-order chi connectivity index (χ1) is 12.8. The Labute approximate surface area is 162 Å². The first-order valence-corrected chi connectivity index (χ1v) is 10.8. The number of benzene rings is 1. The number of carbonyl (C=O) groups excluding carboxylic acids is 2. The molecule has 3 rings (SSSR count).